The first-order valence-electron chi connectivity index (χ1n) is 7.14. The first kappa shape index (κ1) is 14.3. The van der Waals surface area contributed by atoms with Gasteiger partial charge in [-0.25, -0.2) is 14.8 Å². The summed E-state index contributed by atoms with van der Waals surface area (Å²) in [4.78, 5) is 20.3. The maximum atomic E-state index is 11.7. The lowest BCUT2D eigenvalue weighted by Crippen LogP contribution is -2.08. The fourth-order valence-electron chi connectivity index (χ4n) is 2.52. The molecule has 6 nitrogen and oxygen atoms in total. The smallest absolute Gasteiger partial charge is 0.337 e. The van der Waals surface area contributed by atoms with Crippen LogP contribution in [0.3, 0.4) is 0 Å². The van der Waals surface area contributed by atoms with Crippen molar-refractivity contribution in [1.82, 2.24) is 19.1 Å². The van der Waals surface area contributed by atoms with E-state index in [2.05, 4.69) is 28.4 Å². The lowest BCUT2D eigenvalue weighted by molar-refractivity contribution is 0.0601. The summed E-state index contributed by atoms with van der Waals surface area (Å²) in [6.07, 6.45) is 5.47. The lowest BCUT2D eigenvalue weighted by atomic mass is 10.2. The topological polar surface area (TPSA) is 61.9 Å². The highest BCUT2D eigenvalue weighted by molar-refractivity contribution is 5.93. The van der Waals surface area contributed by atoms with Gasteiger partial charge in [0.05, 0.1) is 48.6 Å². The Kier molecular flexibility index (Phi) is 3.66. The van der Waals surface area contributed by atoms with E-state index in [1.54, 1.807) is 12.4 Å². The fourth-order valence-corrected chi connectivity index (χ4v) is 2.52. The quantitative estimate of drug-likeness (QED) is 0.695. The van der Waals surface area contributed by atoms with Gasteiger partial charge in [-0.15, -0.1) is 0 Å². The largest absolute Gasteiger partial charge is 0.465 e. The Morgan fingerprint density at radius 3 is 2.86 bits per heavy atom. The highest BCUT2D eigenvalue weighted by Gasteiger charge is 2.11. The van der Waals surface area contributed by atoms with E-state index in [1.165, 1.54) is 7.11 Å². The maximum Gasteiger partial charge on any atom is 0.337 e. The van der Waals surface area contributed by atoms with E-state index >= 15 is 0 Å². The molecular formula is C16H18N4O2. The number of ether oxygens (including phenoxy) is 1. The Labute approximate surface area is 128 Å². The van der Waals surface area contributed by atoms with Crippen molar-refractivity contribution in [3.8, 4) is 0 Å². The summed E-state index contributed by atoms with van der Waals surface area (Å²) in [5.74, 6) is -0.345. The number of benzene rings is 1. The van der Waals surface area contributed by atoms with Crippen LogP contribution in [0.4, 0.5) is 0 Å². The summed E-state index contributed by atoms with van der Waals surface area (Å²) in [6.45, 7) is 4.89. The highest BCUT2D eigenvalue weighted by Crippen LogP contribution is 2.18. The number of hydrogen-bond donors (Lipinski definition) is 0. The number of rotatable bonds is 4. The van der Waals surface area contributed by atoms with Crippen LogP contribution in [0.25, 0.3) is 11.0 Å². The number of carbonyl (C=O) groups is 1. The van der Waals surface area contributed by atoms with Gasteiger partial charge in [0.2, 0.25) is 0 Å². The second-order valence-corrected chi connectivity index (χ2v) is 5.45. The molecule has 0 saturated carbocycles. The average molecular weight is 298 g/mol. The third-order valence-corrected chi connectivity index (χ3v) is 3.68. The lowest BCUT2D eigenvalue weighted by Gasteiger charge is -2.12. The summed E-state index contributed by atoms with van der Waals surface area (Å²) < 4.78 is 8.91. The Balaban J connectivity index is 2.00. The third-order valence-electron chi connectivity index (χ3n) is 3.68. The molecule has 22 heavy (non-hydrogen) atoms. The van der Waals surface area contributed by atoms with Crippen LogP contribution < -0.4 is 0 Å². The van der Waals surface area contributed by atoms with E-state index in [-0.39, 0.29) is 5.97 Å². The van der Waals surface area contributed by atoms with E-state index in [4.69, 9.17) is 4.74 Å². The van der Waals surface area contributed by atoms with Gasteiger partial charge < -0.3 is 13.9 Å². The van der Waals surface area contributed by atoms with Gasteiger partial charge in [-0.2, -0.15) is 0 Å². The van der Waals surface area contributed by atoms with Crippen molar-refractivity contribution in [3.63, 3.8) is 0 Å². The minimum Gasteiger partial charge on any atom is -0.465 e. The van der Waals surface area contributed by atoms with Crippen molar-refractivity contribution in [2.24, 2.45) is 0 Å². The molecule has 0 amide bonds. The van der Waals surface area contributed by atoms with E-state index in [0.29, 0.717) is 18.2 Å². The van der Waals surface area contributed by atoms with Crippen molar-refractivity contribution >= 4 is 17.0 Å². The molecule has 114 valence electrons. The average Bonchev–Trinajstić information content (AvgIpc) is 3.14. The van der Waals surface area contributed by atoms with Gasteiger partial charge in [-0.1, -0.05) is 0 Å². The van der Waals surface area contributed by atoms with Crippen LogP contribution in [0.15, 0.2) is 37.1 Å². The van der Waals surface area contributed by atoms with Gasteiger partial charge in [0.1, 0.15) is 0 Å². The molecule has 0 bridgehead atoms. The molecule has 6 heteroatoms. The van der Waals surface area contributed by atoms with Crippen LogP contribution >= 0.6 is 0 Å². The molecule has 3 rings (SSSR count). The number of carbonyl (C=O) groups excluding carboxylic acids is 1. The maximum absolute atomic E-state index is 11.7. The molecule has 3 aromatic rings. The van der Waals surface area contributed by atoms with Crippen LogP contribution in [0.1, 0.15) is 35.9 Å². The SMILES string of the molecule is COC(=O)c1ccc2ncn(Cc3cncn3C(C)C)c2c1. The summed E-state index contributed by atoms with van der Waals surface area (Å²) in [5.41, 5.74) is 3.37. The zero-order valence-corrected chi connectivity index (χ0v) is 12.9. The van der Waals surface area contributed by atoms with E-state index in [9.17, 15) is 4.79 Å². The Morgan fingerprint density at radius 1 is 1.32 bits per heavy atom. The number of esters is 1. The third kappa shape index (κ3) is 2.47. The number of hydrogen-bond acceptors (Lipinski definition) is 4. The minimum absolute atomic E-state index is 0.345. The normalized spacial score (nSPS) is 11.3. The van der Waals surface area contributed by atoms with E-state index in [0.717, 1.165) is 16.7 Å². The van der Waals surface area contributed by atoms with Crippen LogP contribution in [-0.4, -0.2) is 32.2 Å². The molecule has 0 unspecified atom stereocenters. The summed E-state index contributed by atoms with van der Waals surface area (Å²) >= 11 is 0. The molecule has 0 atom stereocenters. The first-order valence-corrected chi connectivity index (χ1v) is 7.14. The van der Waals surface area contributed by atoms with Crippen LogP contribution in [0.2, 0.25) is 0 Å². The van der Waals surface area contributed by atoms with Crippen molar-refractivity contribution < 1.29 is 9.53 Å². The molecule has 0 saturated heterocycles. The van der Waals surface area contributed by atoms with Crippen molar-refractivity contribution in [2.75, 3.05) is 7.11 Å². The Bertz CT molecular complexity index is 817. The minimum atomic E-state index is -0.345. The summed E-state index contributed by atoms with van der Waals surface area (Å²) in [7, 11) is 1.38. The molecule has 0 radical (unpaired) electrons. The van der Waals surface area contributed by atoms with E-state index < -0.39 is 0 Å². The standard InChI is InChI=1S/C16H18N4O2/c1-11(2)20-9-17-7-13(20)8-19-10-18-14-5-4-12(6-15(14)19)16(21)22-3/h4-7,9-11H,8H2,1-3H3. The Hall–Kier alpha value is -2.63. The molecule has 0 aliphatic carbocycles. The second kappa shape index (κ2) is 5.63. The van der Waals surface area contributed by atoms with Gasteiger partial charge in [-0.3, -0.25) is 0 Å². The van der Waals surface area contributed by atoms with Gasteiger partial charge in [0, 0.05) is 12.2 Å². The van der Waals surface area contributed by atoms with Crippen molar-refractivity contribution in [1.29, 1.82) is 0 Å². The van der Waals surface area contributed by atoms with Gasteiger partial charge in [0.15, 0.2) is 0 Å². The molecule has 1 aromatic carbocycles. The molecule has 2 aromatic heterocycles. The molecule has 2 heterocycles. The number of nitrogens with zero attached hydrogens (tertiary/aromatic N) is 4. The molecule has 0 spiro atoms. The monoisotopic (exact) mass is 298 g/mol. The number of methoxy groups -OCH3 is 1. The fraction of sp³-hybridized carbons (Fsp3) is 0.312. The predicted molar refractivity (Wildman–Crippen MR) is 82.8 cm³/mol. The zero-order valence-electron chi connectivity index (χ0n) is 12.9. The number of imidazole rings is 2. The molecule has 0 fully saturated rings. The van der Waals surface area contributed by atoms with Gasteiger partial charge >= 0.3 is 5.97 Å². The van der Waals surface area contributed by atoms with Crippen LogP contribution in [-0.2, 0) is 11.3 Å². The highest BCUT2D eigenvalue weighted by atomic mass is 16.5. The molecule has 0 aliphatic heterocycles. The van der Waals surface area contributed by atoms with Crippen molar-refractivity contribution in [2.45, 2.75) is 26.4 Å². The van der Waals surface area contributed by atoms with Crippen LogP contribution in [0.5, 0.6) is 0 Å². The van der Waals surface area contributed by atoms with Gasteiger partial charge in [0.25, 0.3) is 0 Å². The molecule has 0 aliphatic rings. The molecule has 0 N–H and O–H groups in total. The predicted octanol–water partition coefficient (Wildman–Crippen LogP) is 2.65. The summed E-state index contributed by atoms with van der Waals surface area (Å²) in [5, 5.41) is 0. The van der Waals surface area contributed by atoms with Gasteiger partial charge in [-0.05, 0) is 32.0 Å². The summed E-state index contributed by atoms with van der Waals surface area (Å²) in [6, 6.07) is 5.71. The van der Waals surface area contributed by atoms with E-state index in [1.807, 2.05) is 29.2 Å². The number of fused-ring (bicyclic) bond motifs is 1. The van der Waals surface area contributed by atoms with Crippen LogP contribution in [0, 0.1) is 0 Å². The second-order valence-electron chi connectivity index (χ2n) is 5.45. The first-order chi connectivity index (χ1) is 10.6. The number of aromatic nitrogens is 4. The zero-order chi connectivity index (χ0) is 15.7. The molecular weight excluding hydrogens is 280 g/mol. The van der Waals surface area contributed by atoms with Crippen molar-refractivity contribution in [3.05, 3.63) is 48.3 Å². The Morgan fingerprint density at radius 2 is 2.14 bits per heavy atom.